The Kier molecular flexibility index (Phi) is 5.50. The van der Waals surface area contributed by atoms with Crippen molar-refractivity contribution >= 4 is 17.3 Å². The third-order valence-electron chi connectivity index (χ3n) is 4.85. The highest BCUT2D eigenvalue weighted by Gasteiger charge is 2.30. The molecule has 1 N–H and O–H groups in total. The van der Waals surface area contributed by atoms with E-state index in [1.165, 1.54) is 11.3 Å². The maximum atomic E-state index is 13.2. The van der Waals surface area contributed by atoms with Crippen molar-refractivity contribution < 1.29 is 4.79 Å². The number of nitrogens with zero attached hydrogens (tertiary/aromatic N) is 2. The molecule has 0 spiro atoms. The van der Waals surface area contributed by atoms with Crippen molar-refractivity contribution in [3.05, 3.63) is 59.7 Å². The first-order chi connectivity index (χ1) is 12.5. The van der Waals surface area contributed by atoms with Gasteiger partial charge in [-0.15, -0.1) is 0 Å². The molecule has 1 aliphatic heterocycles. The van der Waals surface area contributed by atoms with E-state index in [2.05, 4.69) is 48.3 Å². The first-order valence-electron chi connectivity index (χ1n) is 9.40. The smallest absolute Gasteiger partial charge is 0.254 e. The molecule has 0 saturated carbocycles. The van der Waals surface area contributed by atoms with Crippen molar-refractivity contribution in [1.29, 1.82) is 0 Å². The highest BCUT2D eigenvalue weighted by Crippen LogP contribution is 2.34. The molecule has 0 radical (unpaired) electrons. The van der Waals surface area contributed by atoms with Gasteiger partial charge in [0.05, 0.1) is 6.04 Å². The Morgan fingerprint density at radius 1 is 1.15 bits per heavy atom. The summed E-state index contributed by atoms with van der Waals surface area (Å²) >= 11 is 0. The fourth-order valence-electron chi connectivity index (χ4n) is 3.61. The number of carbonyl (C=O) groups is 1. The third-order valence-corrected chi connectivity index (χ3v) is 4.85. The highest BCUT2D eigenvalue weighted by atomic mass is 16.2. The molecule has 138 valence electrons. The summed E-state index contributed by atoms with van der Waals surface area (Å²) in [4.78, 5) is 17.3. The molecule has 1 amide bonds. The van der Waals surface area contributed by atoms with E-state index in [1.54, 1.807) is 0 Å². The maximum absolute atomic E-state index is 13.2. The molecule has 1 unspecified atom stereocenters. The van der Waals surface area contributed by atoms with Gasteiger partial charge in [0, 0.05) is 43.6 Å². The van der Waals surface area contributed by atoms with Crippen LogP contribution in [0, 0.1) is 0 Å². The van der Waals surface area contributed by atoms with Crippen LogP contribution in [0.2, 0.25) is 0 Å². The first-order valence-corrected chi connectivity index (χ1v) is 9.40. The number of nitrogens with one attached hydrogen (secondary N) is 1. The van der Waals surface area contributed by atoms with Gasteiger partial charge in [0.1, 0.15) is 0 Å². The van der Waals surface area contributed by atoms with E-state index < -0.39 is 0 Å². The Bertz CT molecular complexity index is 769. The van der Waals surface area contributed by atoms with Crippen molar-refractivity contribution in [2.75, 3.05) is 30.9 Å². The molecule has 3 rings (SSSR count). The molecule has 0 bridgehead atoms. The van der Waals surface area contributed by atoms with Crippen LogP contribution in [0.1, 0.15) is 48.7 Å². The molecule has 1 saturated heterocycles. The number of likely N-dealkylation sites (tertiary alicyclic amines) is 1. The normalized spacial score (nSPS) is 16.8. The zero-order chi connectivity index (χ0) is 18.7. The Morgan fingerprint density at radius 2 is 1.92 bits per heavy atom. The second-order valence-corrected chi connectivity index (χ2v) is 7.53. The quantitative estimate of drug-likeness (QED) is 0.858. The van der Waals surface area contributed by atoms with Crippen LogP contribution in [0.4, 0.5) is 11.4 Å². The number of hydrogen-bond donors (Lipinski definition) is 1. The van der Waals surface area contributed by atoms with Crippen molar-refractivity contribution in [2.24, 2.45) is 0 Å². The predicted octanol–water partition coefficient (Wildman–Crippen LogP) is 4.55. The average molecular weight is 351 g/mol. The molecule has 26 heavy (non-hydrogen) atoms. The van der Waals surface area contributed by atoms with Gasteiger partial charge in [-0.3, -0.25) is 4.79 Å². The van der Waals surface area contributed by atoms with Gasteiger partial charge in [-0.2, -0.15) is 0 Å². The standard InChI is InChI=1S/C22H29N3O/c1-16(2)23-19-10-5-9-18(14-19)22(26)25-13-7-12-21(25)17-8-6-11-20(15-17)24(3)4/h5-6,8-11,14-16,21,23H,7,12-13H2,1-4H3. The summed E-state index contributed by atoms with van der Waals surface area (Å²) < 4.78 is 0. The van der Waals surface area contributed by atoms with Gasteiger partial charge in [-0.25, -0.2) is 0 Å². The number of benzene rings is 2. The van der Waals surface area contributed by atoms with Crippen LogP contribution in [0.5, 0.6) is 0 Å². The largest absolute Gasteiger partial charge is 0.383 e. The van der Waals surface area contributed by atoms with Gasteiger partial charge in [0.25, 0.3) is 5.91 Å². The molecule has 1 heterocycles. The van der Waals surface area contributed by atoms with Crippen LogP contribution in [-0.2, 0) is 0 Å². The minimum atomic E-state index is 0.121. The molecule has 0 aliphatic carbocycles. The van der Waals surface area contributed by atoms with Crippen molar-refractivity contribution in [1.82, 2.24) is 4.90 Å². The molecular formula is C22H29N3O. The number of rotatable bonds is 5. The number of amides is 1. The van der Waals surface area contributed by atoms with E-state index in [-0.39, 0.29) is 11.9 Å². The van der Waals surface area contributed by atoms with Crippen molar-refractivity contribution in [3.63, 3.8) is 0 Å². The molecule has 4 heteroatoms. The predicted molar refractivity (Wildman–Crippen MR) is 109 cm³/mol. The Morgan fingerprint density at radius 3 is 2.65 bits per heavy atom. The molecule has 2 aromatic rings. The third kappa shape index (κ3) is 4.01. The van der Waals surface area contributed by atoms with Crippen LogP contribution >= 0.6 is 0 Å². The van der Waals surface area contributed by atoms with Crippen LogP contribution < -0.4 is 10.2 Å². The lowest BCUT2D eigenvalue weighted by Crippen LogP contribution is -2.30. The highest BCUT2D eigenvalue weighted by molar-refractivity contribution is 5.95. The van der Waals surface area contributed by atoms with Crippen LogP contribution in [-0.4, -0.2) is 37.5 Å². The van der Waals surface area contributed by atoms with Gasteiger partial charge >= 0.3 is 0 Å². The zero-order valence-electron chi connectivity index (χ0n) is 16.2. The Balaban J connectivity index is 1.84. The van der Waals surface area contributed by atoms with Crippen LogP contribution in [0.15, 0.2) is 48.5 Å². The lowest BCUT2D eigenvalue weighted by atomic mass is 10.0. The molecular weight excluding hydrogens is 322 g/mol. The van der Waals surface area contributed by atoms with E-state index in [0.29, 0.717) is 6.04 Å². The molecule has 1 aliphatic rings. The fourth-order valence-corrected chi connectivity index (χ4v) is 3.61. The van der Waals surface area contributed by atoms with Gasteiger partial charge in [0.2, 0.25) is 0 Å². The summed E-state index contributed by atoms with van der Waals surface area (Å²) in [5.41, 5.74) is 4.14. The zero-order valence-corrected chi connectivity index (χ0v) is 16.2. The lowest BCUT2D eigenvalue weighted by molar-refractivity contribution is 0.0735. The minimum absolute atomic E-state index is 0.121. The summed E-state index contributed by atoms with van der Waals surface area (Å²) in [6.45, 7) is 5.02. The van der Waals surface area contributed by atoms with E-state index in [1.807, 2.05) is 43.3 Å². The van der Waals surface area contributed by atoms with Gasteiger partial charge in [-0.1, -0.05) is 18.2 Å². The SMILES string of the molecule is CC(C)Nc1cccc(C(=O)N2CCCC2c2cccc(N(C)C)c2)c1. The second-order valence-electron chi connectivity index (χ2n) is 7.53. The van der Waals surface area contributed by atoms with Crippen LogP contribution in [0.25, 0.3) is 0 Å². The number of hydrogen-bond acceptors (Lipinski definition) is 3. The van der Waals surface area contributed by atoms with Crippen molar-refractivity contribution in [3.8, 4) is 0 Å². The van der Waals surface area contributed by atoms with Gasteiger partial charge in [-0.05, 0) is 62.6 Å². The maximum Gasteiger partial charge on any atom is 0.254 e. The molecule has 0 aromatic heterocycles. The van der Waals surface area contributed by atoms with E-state index in [9.17, 15) is 4.79 Å². The Hall–Kier alpha value is -2.49. The molecule has 1 fully saturated rings. The minimum Gasteiger partial charge on any atom is -0.383 e. The monoisotopic (exact) mass is 351 g/mol. The summed E-state index contributed by atoms with van der Waals surface area (Å²) in [7, 11) is 4.09. The number of carbonyl (C=O) groups excluding carboxylic acids is 1. The average Bonchev–Trinajstić information content (AvgIpc) is 3.10. The summed E-state index contributed by atoms with van der Waals surface area (Å²) in [5.74, 6) is 0.121. The fraction of sp³-hybridized carbons (Fsp3) is 0.409. The van der Waals surface area contributed by atoms with Crippen molar-refractivity contribution in [2.45, 2.75) is 38.8 Å². The summed E-state index contributed by atoms with van der Waals surface area (Å²) in [6.07, 6.45) is 2.07. The summed E-state index contributed by atoms with van der Waals surface area (Å²) in [6, 6.07) is 16.9. The van der Waals surface area contributed by atoms with Crippen LogP contribution in [0.3, 0.4) is 0 Å². The van der Waals surface area contributed by atoms with Gasteiger partial charge in [0.15, 0.2) is 0 Å². The van der Waals surface area contributed by atoms with E-state index in [4.69, 9.17) is 0 Å². The van der Waals surface area contributed by atoms with E-state index >= 15 is 0 Å². The summed E-state index contributed by atoms with van der Waals surface area (Å²) in [5, 5.41) is 3.38. The van der Waals surface area contributed by atoms with E-state index in [0.717, 1.165) is 30.6 Å². The second kappa shape index (κ2) is 7.81. The lowest BCUT2D eigenvalue weighted by Gasteiger charge is -2.26. The molecule has 1 atom stereocenters. The number of anilines is 2. The Labute approximate surface area is 156 Å². The molecule has 2 aromatic carbocycles. The first kappa shape index (κ1) is 18.3. The molecule has 4 nitrogen and oxygen atoms in total. The topological polar surface area (TPSA) is 35.6 Å². The van der Waals surface area contributed by atoms with Gasteiger partial charge < -0.3 is 15.1 Å².